The molecule has 1 N–H and O–H groups in total. The fourth-order valence-electron chi connectivity index (χ4n) is 3.03. The van der Waals surface area contributed by atoms with Crippen molar-refractivity contribution in [3.8, 4) is 11.3 Å². The molecule has 0 unspecified atom stereocenters. The SMILES string of the molecule is CCOC(=O)c1c(C)nc(Sc2nc3ccccc3[nH]2)nc1-c1ccc(C)cc1. The van der Waals surface area contributed by atoms with Gasteiger partial charge < -0.3 is 9.72 Å². The van der Waals surface area contributed by atoms with Gasteiger partial charge in [-0.1, -0.05) is 42.0 Å². The van der Waals surface area contributed by atoms with E-state index in [4.69, 9.17) is 9.72 Å². The summed E-state index contributed by atoms with van der Waals surface area (Å²) in [5, 5.41) is 1.22. The summed E-state index contributed by atoms with van der Waals surface area (Å²) < 4.78 is 5.25. The van der Waals surface area contributed by atoms with Crippen molar-refractivity contribution in [3.05, 3.63) is 65.4 Å². The highest BCUT2D eigenvalue weighted by Crippen LogP contribution is 2.30. The van der Waals surface area contributed by atoms with Crippen LogP contribution in [0.15, 0.2) is 58.8 Å². The van der Waals surface area contributed by atoms with E-state index in [0.29, 0.717) is 33.9 Å². The second-order valence-corrected chi connectivity index (χ2v) is 7.52. The van der Waals surface area contributed by atoms with Crippen molar-refractivity contribution in [1.82, 2.24) is 19.9 Å². The molecule has 0 amide bonds. The highest BCUT2D eigenvalue weighted by atomic mass is 32.2. The number of ether oxygens (including phenoxy) is 1. The van der Waals surface area contributed by atoms with Crippen molar-refractivity contribution in [1.29, 1.82) is 0 Å². The number of nitrogens with zero attached hydrogens (tertiary/aromatic N) is 3. The number of nitrogens with one attached hydrogen (secondary N) is 1. The zero-order valence-electron chi connectivity index (χ0n) is 16.4. The molecule has 0 bridgehead atoms. The number of aromatic amines is 1. The van der Waals surface area contributed by atoms with E-state index in [9.17, 15) is 4.79 Å². The first-order chi connectivity index (χ1) is 14.0. The van der Waals surface area contributed by atoms with Gasteiger partial charge in [0.1, 0.15) is 5.56 Å². The highest BCUT2D eigenvalue weighted by Gasteiger charge is 2.22. The standard InChI is InChI=1S/C22H20N4O2S/c1-4-28-20(27)18-14(3)23-21(26-19(18)15-11-9-13(2)10-12-15)29-22-24-16-7-5-6-8-17(16)25-22/h5-12H,4H2,1-3H3,(H,24,25). The van der Waals surface area contributed by atoms with Crippen LogP contribution < -0.4 is 0 Å². The van der Waals surface area contributed by atoms with Gasteiger partial charge in [-0.2, -0.15) is 0 Å². The Morgan fingerprint density at radius 1 is 1.03 bits per heavy atom. The van der Waals surface area contributed by atoms with Gasteiger partial charge >= 0.3 is 5.97 Å². The normalized spacial score (nSPS) is 11.0. The van der Waals surface area contributed by atoms with Gasteiger partial charge in [-0.25, -0.2) is 19.7 Å². The van der Waals surface area contributed by atoms with Gasteiger partial charge in [0.25, 0.3) is 0 Å². The molecule has 146 valence electrons. The van der Waals surface area contributed by atoms with Crippen LogP contribution >= 0.6 is 11.8 Å². The molecule has 0 aliphatic heterocycles. The van der Waals surface area contributed by atoms with Gasteiger partial charge in [0.05, 0.1) is 29.0 Å². The number of hydrogen-bond donors (Lipinski definition) is 1. The molecular formula is C22H20N4O2S. The fourth-order valence-corrected chi connectivity index (χ4v) is 3.82. The number of rotatable bonds is 5. The molecule has 29 heavy (non-hydrogen) atoms. The van der Waals surface area contributed by atoms with E-state index >= 15 is 0 Å². The second-order valence-electron chi connectivity index (χ2n) is 6.56. The summed E-state index contributed by atoms with van der Waals surface area (Å²) in [5.74, 6) is -0.416. The monoisotopic (exact) mass is 404 g/mol. The Balaban J connectivity index is 1.79. The molecule has 0 saturated carbocycles. The molecule has 0 radical (unpaired) electrons. The average Bonchev–Trinajstić information content (AvgIpc) is 3.10. The largest absolute Gasteiger partial charge is 0.462 e. The Labute approximate surface area is 172 Å². The maximum atomic E-state index is 12.6. The predicted molar refractivity (Wildman–Crippen MR) is 113 cm³/mol. The zero-order chi connectivity index (χ0) is 20.4. The van der Waals surface area contributed by atoms with Crippen LogP contribution in [0.3, 0.4) is 0 Å². The lowest BCUT2D eigenvalue weighted by Gasteiger charge is -2.12. The minimum Gasteiger partial charge on any atom is -0.462 e. The molecule has 6 nitrogen and oxygen atoms in total. The topological polar surface area (TPSA) is 80.8 Å². The van der Waals surface area contributed by atoms with Gasteiger partial charge in [0.2, 0.25) is 0 Å². The molecule has 4 rings (SSSR count). The Morgan fingerprint density at radius 2 is 1.79 bits per heavy atom. The minimum atomic E-state index is -0.416. The van der Waals surface area contributed by atoms with E-state index in [1.807, 2.05) is 55.5 Å². The molecule has 0 saturated heterocycles. The Kier molecular flexibility index (Phi) is 5.31. The molecule has 0 aliphatic carbocycles. The van der Waals surface area contributed by atoms with Crippen LogP contribution in [0, 0.1) is 13.8 Å². The number of benzene rings is 2. The number of para-hydroxylation sites is 2. The molecular weight excluding hydrogens is 384 g/mol. The van der Waals surface area contributed by atoms with E-state index in [-0.39, 0.29) is 0 Å². The van der Waals surface area contributed by atoms with Crippen molar-refractivity contribution in [3.63, 3.8) is 0 Å². The molecule has 0 fully saturated rings. The molecule has 2 aromatic heterocycles. The van der Waals surface area contributed by atoms with Crippen molar-refractivity contribution in [2.75, 3.05) is 6.61 Å². The first-order valence-corrected chi connectivity index (χ1v) is 10.1. The number of hydrogen-bond acceptors (Lipinski definition) is 6. The first-order valence-electron chi connectivity index (χ1n) is 9.30. The van der Waals surface area contributed by atoms with Crippen molar-refractivity contribution < 1.29 is 9.53 Å². The van der Waals surface area contributed by atoms with Crippen molar-refractivity contribution >= 4 is 28.8 Å². The number of carbonyl (C=O) groups excluding carboxylic acids is 1. The maximum Gasteiger partial charge on any atom is 0.342 e. The van der Waals surface area contributed by atoms with Crippen molar-refractivity contribution in [2.24, 2.45) is 0 Å². The number of aromatic nitrogens is 4. The van der Waals surface area contributed by atoms with Crippen LogP contribution in [0.1, 0.15) is 28.5 Å². The number of carbonyl (C=O) groups is 1. The molecule has 0 spiro atoms. The molecule has 2 aromatic carbocycles. The third-order valence-corrected chi connectivity index (χ3v) is 5.18. The van der Waals surface area contributed by atoms with Gasteiger partial charge in [0, 0.05) is 5.56 Å². The summed E-state index contributed by atoms with van der Waals surface area (Å²) in [6.45, 7) is 5.89. The van der Waals surface area contributed by atoms with Gasteiger partial charge in [-0.05, 0) is 44.7 Å². The molecule has 4 aromatic rings. The number of esters is 1. The van der Waals surface area contributed by atoms with Crippen LogP contribution in [0.25, 0.3) is 22.3 Å². The first kappa shape index (κ1) is 19.1. The summed E-state index contributed by atoms with van der Waals surface area (Å²) >= 11 is 1.33. The lowest BCUT2D eigenvalue weighted by molar-refractivity contribution is 0.0525. The predicted octanol–water partition coefficient (Wildman–Crippen LogP) is 4.96. The van der Waals surface area contributed by atoms with E-state index in [2.05, 4.69) is 15.0 Å². The molecule has 0 aliphatic rings. The lowest BCUT2D eigenvalue weighted by Crippen LogP contribution is -2.12. The summed E-state index contributed by atoms with van der Waals surface area (Å²) in [4.78, 5) is 29.7. The molecule has 2 heterocycles. The maximum absolute atomic E-state index is 12.6. The third-order valence-electron chi connectivity index (χ3n) is 4.43. The third kappa shape index (κ3) is 4.00. The number of fused-ring (bicyclic) bond motifs is 1. The Morgan fingerprint density at radius 3 is 2.52 bits per heavy atom. The van der Waals surface area contributed by atoms with Gasteiger partial charge in [0.15, 0.2) is 10.3 Å². The number of aryl methyl sites for hydroxylation is 2. The number of imidazole rings is 1. The van der Waals surface area contributed by atoms with E-state index in [1.54, 1.807) is 13.8 Å². The Hall–Kier alpha value is -3.19. The Bertz CT molecular complexity index is 1150. The van der Waals surface area contributed by atoms with Crippen LogP contribution in [0.5, 0.6) is 0 Å². The second kappa shape index (κ2) is 8.05. The molecule has 0 atom stereocenters. The molecule has 7 heteroatoms. The van der Waals surface area contributed by atoms with Crippen LogP contribution in [-0.4, -0.2) is 32.5 Å². The lowest BCUT2D eigenvalue weighted by atomic mass is 10.0. The van der Waals surface area contributed by atoms with Crippen LogP contribution in [0.4, 0.5) is 0 Å². The van der Waals surface area contributed by atoms with Gasteiger partial charge in [-0.3, -0.25) is 0 Å². The van der Waals surface area contributed by atoms with Crippen molar-refractivity contribution in [2.45, 2.75) is 31.1 Å². The van der Waals surface area contributed by atoms with Crippen LogP contribution in [0.2, 0.25) is 0 Å². The zero-order valence-corrected chi connectivity index (χ0v) is 17.2. The van der Waals surface area contributed by atoms with E-state index in [0.717, 1.165) is 22.2 Å². The summed E-state index contributed by atoms with van der Waals surface area (Å²) in [6.07, 6.45) is 0. The summed E-state index contributed by atoms with van der Waals surface area (Å²) in [6, 6.07) is 15.7. The minimum absolute atomic E-state index is 0.293. The summed E-state index contributed by atoms with van der Waals surface area (Å²) in [5.41, 5.74) is 5.35. The number of H-pyrrole nitrogens is 1. The summed E-state index contributed by atoms with van der Waals surface area (Å²) in [7, 11) is 0. The average molecular weight is 404 g/mol. The van der Waals surface area contributed by atoms with Crippen LogP contribution in [-0.2, 0) is 4.74 Å². The van der Waals surface area contributed by atoms with E-state index in [1.165, 1.54) is 11.8 Å². The fraction of sp³-hybridized carbons (Fsp3) is 0.182. The highest BCUT2D eigenvalue weighted by molar-refractivity contribution is 7.99. The van der Waals surface area contributed by atoms with E-state index < -0.39 is 5.97 Å². The van der Waals surface area contributed by atoms with Gasteiger partial charge in [-0.15, -0.1) is 0 Å². The quantitative estimate of drug-likeness (QED) is 0.374. The smallest absolute Gasteiger partial charge is 0.342 e.